The van der Waals surface area contributed by atoms with E-state index in [0.717, 1.165) is 25.8 Å². The molecule has 0 fully saturated rings. The van der Waals surface area contributed by atoms with Crippen molar-refractivity contribution in [1.82, 2.24) is 5.32 Å². The van der Waals surface area contributed by atoms with E-state index in [2.05, 4.69) is 12.2 Å². The third-order valence-electron chi connectivity index (χ3n) is 0.758. The van der Waals surface area contributed by atoms with Crippen LogP contribution in [0.3, 0.4) is 0 Å². The fourth-order valence-corrected chi connectivity index (χ4v) is 0.338. The molecule has 0 unspecified atom stereocenters. The van der Waals surface area contributed by atoms with Crippen LogP contribution in [0.2, 0.25) is 0 Å². The fraction of sp³-hybridized carbons (Fsp3) is 0.800. The Hall–Kier alpha value is -0.530. The SMILES string of the molecule is CCCCNC=O.[HH]. The van der Waals surface area contributed by atoms with Gasteiger partial charge in [0.2, 0.25) is 6.41 Å². The van der Waals surface area contributed by atoms with Crippen LogP contribution in [0.5, 0.6) is 0 Å². The molecular weight excluding hydrogens is 90.1 g/mol. The van der Waals surface area contributed by atoms with E-state index < -0.39 is 0 Å². The minimum Gasteiger partial charge on any atom is -0.359 e. The van der Waals surface area contributed by atoms with Crippen LogP contribution in [0.15, 0.2) is 0 Å². The van der Waals surface area contributed by atoms with E-state index in [-0.39, 0.29) is 1.43 Å². The topological polar surface area (TPSA) is 29.1 Å². The third kappa shape index (κ3) is 5.47. The van der Waals surface area contributed by atoms with Crippen molar-refractivity contribution in [1.29, 1.82) is 0 Å². The van der Waals surface area contributed by atoms with Crippen LogP contribution >= 0.6 is 0 Å². The van der Waals surface area contributed by atoms with Crippen molar-refractivity contribution in [2.75, 3.05) is 6.54 Å². The van der Waals surface area contributed by atoms with E-state index in [9.17, 15) is 4.79 Å². The van der Waals surface area contributed by atoms with Crippen molar-refractivity contribution in [3.8, 4) is 0 Å². The molecule has 0 aliphatic heterocycles. The van der Waals surface area contributed by atoms with Crippen molar-refractivity contribution >= 4 is 6.41 Å². The number of nitrogens with one attached hydrogen (secondary N) is 1. The van der Waals surface area contributed by atoms with Gasteiger partial charge < -0.3 is 5.32 Å². The first-order valence-corrected chi connectivity index (χ1v) is 2.59. The summed E-state index contributed by atoms with van der Waals surface area (Å²) in [6.45, 7) is 2.91. The molecule has 7 heavy (non-hydrogen) atoms. The summed E-state index contributed by atoms with van der Waals surface area (Å²) in [4.78, 5) is 9.57. The summed E-state index contributed by atoms with van der Waals surface area (Å²) in [7, 11) is 0. The Morgan fingerprint density at radius 1 is 1.86 bits per heavy atom. The molecule has 44 valence electrons. The molecule has 0 rings (SSSR count). The lowest BCUT2D eigenvalue weighted by atomic mass is 10.3. The van der Waals surface area contributed by atoms with Crippen molar-refractivity contribution in [2.45, 2.75) is 19.8 Å². The van der Waals surface area contributed by atoms with Crippen molar-refractivity contribution in [3.63, 3.8) is 0 Å². The summed E-state index contributed by atoms with van der Waals surface area (Å²) in [5.41, 5.74) is 0. The minimum atomic E-state index is 0. The van der Waals surface area contributed by atoms with Crippen LogP contribution in [0.4, 0.5) is 0 Å². The Labute approximate surface area is 45.4 Å². The zero-order chi connectivity index (χ0) is 5.54. The van der Waals surface area contributed by atoms with Crippen molar-refractivity contribution in [2.24, 2.45) is 0 Å². The van der Waals surface area contributed by atoms with E-state index >= 15 is 0 Å². The second kappa shape index (κ2) is 5.47. The molecule has 0 aliphatic carbocycles. The van der Waals surface area contributed by atoms with Gasteiger partial charge in [-0.15, -0.1) is 0 Å². The summed E-state index contributed by atoms with van der Waals surface area (Å²) in [6.07, 6.45) is 2.95. The van der Waals surface area contributed by atoms with Crippen LogP contribution in [-0.2, 0) is 4.79 Å². The van der Waals surface area contributed by atoms with Crippen molar-refractivity contribution < 1.29 is 6.22 Å². The predicted molar refractivity (Wildman–Crippen MR) is 31.1 cm³/mol. The molecule has 0 bridgehead atoms. The fourth-order valence-electron chi connectivity index (χ4n) is 0.338. The second-order valence-electron chi connectivity index (χ2n) is 1.43. The summed E-state index contributed by atoms with van der Waals surface area (Å²) in [5.74, 6) is 0. The number of hydrogen-bond donors (Lipinski definition) is 1. The lowest BCUT2D eigenvalue weighted by Gasteiger charge is -1.90. The Morgan fingerprint density at radius 2 is 2.57 bits per heavy atom. The molecule has 2 nitrogen and oxygen atoms in total. The molecular formula is C5H13NO. The van der Waals surface area contributed by atoms with Crippen molar-refractivity contribution in [3.05, 3.63) is 0 Å². The van der Waals surface area contributed by atoms with E-state index in [4.69, 9.17) is 0 Å². The Balaban J connectivity index is 0. The molecule has 0 aliphatic rings. The van der Waals surface area contributed by atoms with Gasteiger partial charge in [0.05, 0.1) is 0 Å². The summed E-state index contributed by atoms with van der Waals surface area (Å²) >= 11 is 0. The lowest BCUT2D eigenvalue weighted by Crippen LogP contribution is -2.11. The highest BCUT2D eigenvalue weighted by molar-refractivity contribution is 5.45. The number of carbonyl (C=O) groups is 1. The maximum atomic E-state index is 9.57. The molecule has 1 amide bonds. The smallest absolute Gasteiger partial charge is 0.207 e. The maximum Gasteiger partial charge on any atom is 0.207 e. The minimum absolute atomic E-state index is 0. The molecule has 0 aromatic rings. The van der Waals surface area contributed by atoms with Gasteiger partial charge in [-0.05, 0) is 6.42 Å². The largest absolute Gasteiger partial charge is 0.359 e. The standard InChI is InChI=1S/C5H11NO.H2/c1-2-3-4-6-5-7;/h5H,2-4H2,1H3,(H,6,7);1H. The molecule has 0 saturated carbocycles. The first-order valence-electron chi connectivity index (χ1n) is 2.59. The first-order chi connectivity index (χ1) is 3.41. The Bertz CT molecular complexity index is 49.7. The highest BCUT2D eigenvalue weighted by Crippen LogP contribution is 1.79. The van der Waals surface area contributed by atoms with E-state index in [1.807, 2.05) is 0 Å². The van der Waals surface area contributed by atoms with Crippen LogP contribution in [0.25, 0.3) is 0 Å². The normalized spacial score (nSPS) is 8.14. The molecule has 0 saturated heterocycles. The van der Waals surface area contributed by atoms with Crippen LogP contribution in [-0.4, -0.2) is 13.0 Å². The number of rotatable bonds is 4. The van der Waals surface area contributed by atoms with Crippen LogP contribution in [0.1, 0.15) is 21.2 Å². The average Bonchev–Trinajstić information content (AvgIpc) is 1.69. The highest BCUT2D eigenvalue weighted by atomic mass is 16.1. The predicted octanol–water partition coefficient (Wildman–Crippen LogP) is 0.778. The molecule has 2 heteroatoms. The number of hydrogen-bond acceptors (Lipinski definition) is 1. The maximum absolute atomic E-state index is 9.57. The number of carbonyl (C=O) groups excluding carboxylic acids is 1. The van der Waals surface area contributed by atoms with E-state index in [1.165, 1.54) is 0 Å². The van der Waals surface area contributed by atoms with Gasteiger partial charge in [0.25, 0.3) is 0 Å². The van der Waals surface area contributed by atoms with Gasteiger partial charge in [0, 0.05) is 7.97 Å². The van der Waals surface area contributed by atoms with Crippen LogP contribution < -0.4 is 5.32 Å². The molecule has 0 atom stereocenters. The van der Waals surface area contributed by atoms with Gasteiger partial charge in [-0.1, -0.05) is 13.3 Å². The number of amides is 1. The molecule has 1 N–H and O–H groups in total. The summed E-state index contributed by atoms with van der Waals surface area (Å²) in [5, 5.41) is 2.57. The third-order valence-corrected chi connectivity index (χ3v) is 0.758. The van der Waals surface area contributed by atoms with Gasteiger partial charge in [-0.25, -0.2) is 0 Å². The molecule has 0 aromatic carbocycles. The molecule has 0 radical (unpaired) electrons. The van der Waals surface area contributed by atoms with E-state index in [0.29, 0.717) is 0 Å². The summed E-state index contributed by atoms with van der Waals surface area (Å²) < 4.78 is 0. The second-order valence-corrected chi connectivity index (χ2v) is 1.43. The molecule has 0 spiro atoms. The van der Waals surface area contributed by atoms with Gasteiger partial charge in [0.15, 0.2) is 0 Å². The zero-order valence-corrected chi connectivity index (χ0v) is 4.61. The Morgan fingerprint density at radius 3 is 3.00 bits per heavy atom. The number of unbranched alkanes of at least 4 members (excludes halogenated alkanes) is 1. The lowest BCUT2D eigenvalue weighted by molar-refractivity contribution is -0.109. The van der Waals surface area contributed by atoms with Gasteiger partial charge in [0.1, 0.15) is 0 Å². The Kier molecular flexibility index (Phi) is 5.06. The van der Waals surface area contributed by atoms with Gasteiger partial charge in [-0.3, -0.25) is 4.79 Å². The van der Waals surface area contributed by atoms with Crippen LogP contribution in [0, 0.1) is 0 Å². The molecule has 0 heterocycles. The zero-order valence-electron chi connectivity index (χ0n) is 4.61. The van der Waals surface area contributed by atoms with Gasteiger partial charge >= 0.3 is 0 Å². The highest BCUT2D eigenvalue weighted by Gasteiger charge is 1.76. The quantitative estimate of drug-likeness (QED) is 0.413. The average molecular weight is 103 g/mol. The van der Waals surface area contributed by atoms with Gasteiger partial charge in [-0.2, -0.15) is 0 Å². The monoisotopic (exact) mass is 103 g/mol. The molecule has 0 aromatic heterocycles. The van der Waals surface area contributed by atoms with E-state index in [1.54, 1.807) is 0 Å². The first kappa shape index (κ1) is 6.47. The summed E-state index contributed by atoms with van der Waals surface area (Å²) in [6, 6.07) is 0.